The van der Waals surface area contributed by atoms with Crippen LogP contribution in [0.5, 0.6) is 0 Å². The molecule has 1 aromatic heterocycles. The Labute approximate surface area is 159 Å². The molecule has 0 unspecified atom stereocenters. The lowest BCUT2D eigenvalue weighted by atomic mass is 10.1. The van der Waals surface area contributed by atoms with Gasteiger partial charge >= 0.3 is 6.18 Å². The summed E-state index contributed by atoms with van der Waals surface area (Å²) in [5.74, 6) is -0.594. The maximum Gasteiger partial charge on any atom is 0.401 e. The molecule has 0 radical (unpaired) electrons. The minimum absolute atomic E-state index is 0.233. The molecule has 1 aromatic carbocycles. The zero-order valence-corrected chi connectivity index (χ0v) is 15.9. The van der Waals surface area contributed by atoms with E-state index >= 15 is 0 Å². The predicted molar refractivity (Wildman–Crippen MR) is 96.6 cm³/mol. The molecule has 1 amide bonds. The van der Waals surface area contributed by atoms with Gasteiger partial charge in [-0.3, -0.25) is 9.69 Å². The summed E-state index contributed by atoms with van der Waals surface area (Å²) in [7, 11) is 1.39. The quantitative estimate of drug-likeness (QED) is 0.539. The van der Waals surface area contributed by atoms with Gasteiger partial charge in [-0.15, -0.1) is 11.3 Å². The van der Waals surface area contributed by atoms with Crippen molar-refractivity contribution in [3.8, 4) is 0 Å². The molecule has 0 spiro atoms. The first kappa shape index (κ1) is 21.3. The van der Waals surface area contributed by atoms with E-state index in [0.29, 0.717) is 23.4 Å². The molecule has 1 heterocycles. The van der Waals surface area contributed by atoms with Crippen LogP contribution in [0.2, 0.25) is 0 Å². The van der Waals surface area contributed by atoms with E-state index in [0.717, 1.165) is 10.6 Å². The maximum absolute atomic E-state index is 13.0. The van der Waals surface area contributed by atoms with E-state index in [2.05, 4.69) is 10.3 Å². The van der Waals surface area contributed by atoms with Crippen LogP contribution in [0, 0.1) is 12.7 Å². The first-order chi connectivity index (χ1) is 12.6. The first-order valence-corrected chi connectivity index (χ1v) is 9.20. The predicted octanol–water partition coefficient (Wildman–Crippen LogP) is 3.80. The molecule has 1 N–H and O–H groups in total. The highest BCUT2D eigenvalue weighted by Crippen LogP contribution is 2.21. The molecule has 2 rings (SSSR count). The zero-order valence-electron chi connectivity index (χ0n) is 15.1. The number of nitrogens with one attached hydrogen (secondary N) is 1. The second-order valence-electron chi connectivity index (χ2n) is 6.29. The molecule has 9 heteroatoms. The average molecular weight is 403 g/mol. The number of benzene rings is 1. The molecule has 0 aliphatic heterocycles. The van der Waals surface area contributed by atoms with Gasteiger partial charge in [-0.05, 0) is 44.6 Å². The number of aryl methyl sites for hydroxylation is 1. The molecule has 0 atom stereocenters. The number of halogens is 4. The summed E-state index contributed by atoms with van der Waals surface area (Å²) in [6.07, 6.45) is -3.31. The minimum atomic E-state index is -4.22. The number of thiazole rings is 1. The summed E-state index contributed by atoms with van der Waals surface area (Å²) < 4.78 is 49.7. The minimum Gasteiger partial charge on any atom is -0.351 e. The van der Waals surface area contributed by atoms with Crippen molar-refractivity contribution in [1.29, 1.82) is 0 Å². The lowest BCUT2D eigenvalue weighted by molar-refractivity contribution is -0.143. The Bertz CT molecular complexity index is 759. The third kappa shape index (κ3) is 7.26. The fourth-order valence-corrected chi connectivity index (χ4v) is 3.55. The van der Waals surface area contributed by atoms with E-state index in [1.54, 1.807) is 19.1 Å². The van der Waals surface area contributed by atoms with Crippen LogP contribution < -0.4 is 5.32 Å². The smallest absolute Gasteiger partial charge is 0.351 e. The normalized spacial score (nSPS) is 11.8. The van der Waals surface area contributed by atoms with Crippen LogP contribution in [0.1, 0.15) is 32.4 Å². The Morgan fingerprint density at radius 3 is 2.56 bits per heavy atom. The average Bonchev–Trinajstić information content (AvgIpc) is 2.92. The van der Waals surface area contributed by atoms with Crippen molar-refractivity contribution >= 4 is 17.2 Å². The molecule has 148 valence electrons. The molecule has 0 saturated heterocycles. The van der Waals surface area contributed by atoms with Gasteiger partial charge in [0.15, 0.2) is 0 Å². The molecular formula is C18H21F4N3OS. The molecular weight excluding hydrogens is 382 g/mol. The van der Waals surface area contributed by atoms with Crippen LogP contribution in [0.15, 0.2) is 24.3 Å². The van der Waals surface area contributed by atoms with Gasteiger partial charge in [-0.2, -0.15) is 13.2 Å². The molecule has 2 aromatic rings. The summed E-state index contributed by atoms with van der Waals surface area (Å²) in [6.45, 7) is 1.28. The molecule has 0 aliphatic carbocycles. The number of alkyl halides is 3. The number of carbonyl (C=O) groups excluding carboxylic acids is 1. The van der Waals surface area contributed by atoms with E-state index in [4.69, 9.17) is 0 Å². The molecule has 0 aliphatic rings. The van der Waals surface area contributed by atoms with E-state index in [9.17, 15) is 22.4 Å². The van der Waals surface area contributed by atoms with Crippen LogP contribution in [0.3, 0.4) is 0 Å². The third-order valence-corrected chi connectivity index (χ3v) is 4.92. The van der Waals surface area contributed by atoms with Crippen LogP contribution in [0.25, 0.3) is 0 Å². The summed E-state index contributed by atoms with van der Waals surface area (Å²) in [6, 6.07) is 6.09. The largest absolute Gasteiger partial charge is 0.401 e. The van der Waals surface area contributed by atoms with Crippen LogP contribution in [-0.2, 0) is 6.42 Å². The molecule has 0 fully saturated rings. The first-order valence-electron chi connectivity index (χ1n) is 8.38. The van der Waals surface area contributed by atoms with Crippen molar-refractivity contribution in [3.05, 3.63) is 51.2 Å². The number of amides is 1. The number of aromatic nitrogens is 1. The van der Waals surface area contributed by atoms with Gasteiger partial charge in [0.05, 0.1) is 17.2 Å². The van der Waals surface area contributed by atoms with E-state index in [-0.39, 0.29) is 24.8 Å². The van der Waals surface area contributed by atoms with E-state index in [1.165, 1.54) is 35.4 Å². The van der Waals surface area contributed by atoms with Gasteiger partial charge in [0.1, 0.15) is 10.7 Å². The molecule has 0 saturated carbocycles. The Balaban J connectivity index is 1.82. The Hall–Kier alpha value is -2.00. The van der Waals surface area contributed by atoms with Crippen molar-refractivity contribution in [2.24, 2.45) is 0 Å². The lowest BCUT2D eigenvalue weighted by Gasteiger charge is -2.18. The van der Waals surface area contributed by atoms with Crippen molar-refractivity contribution < 1.29 is 22.4 Å². The number of hydrogen-bond donors (Lipinski definition) is 1. The number of carbonyl (C=O) groups is 1. The SMILES string of the molecule is Cc1nc(Cc2ccc(F)cc2)sc1C(=O)NCCCN(C)CC(F)(F)F. The van der Waals surface area contributed by atoms with Gasteiger partial charge in [-0.1, -0.05) is 12.1 Å². The van der Waals surface area contributed by atoms with Crippen molar-refractivity contribution in [1.82, 2.24) is 15.2 Å². The second kappa shape index (κ2) is 9.27. The van der Waals surface area contributed by atoms with Crippen molar-refractivity contribution in [3.63, 3.8) is 0 Å². The van der Waals surface area contributed by atoms with Crippen molar-refractivity contribution in [2.75, 3.05) is 26.7 Å². The van der Waals surface area contributed by atoms with Crippen LogP contribution in [0.4, 0.5) is 17.6 Å². The van der Waals surface area contributed by atoms with Crippen LogP contribution in [-0.4, -0.2) is 48.6 Å². The number of nitrogens with zero attached hydrogens (tertiary/aromatic N) is 2. The molecule has 4 nitrogen and oxygen atoms in total. The second-order valence-corrected chi connectivity index (χ2v) is 7.37. The Kier molecular flexibility index (Phi) is 7.32. The lowest BCUT2D eigenvalue weighted by Crippen LogP contribution is -2.33. The monoisotopic (exact) mass is 403 g/mol. The fraction of sp³-hybridized carbons (Fsp3) is 0.444. The van der Waals surface area contributed by atoms with E-state index in [1.807, 2.05) is 0 Å². The van der Waals surface area contributed by atoms with Gasteiger partial charge in [0.25, 0.3) is 5.91 Å². The fourth-order valence-electron chi connectivity index (χ4n) is 2.53. The summed E-state index contributed by atoms with van der Waals surface area (Å²) in [4.78, 5) is 18.3. The highest BCUT2D eigenvalue weighted by atomic mass is 32.1. The highest BCUT2D eigenvalue weighted by molar-refractivity contribution is 7.13. The van der Waals surface area contributed by atoms with Crippen LogP contribution >= 0.6 is 11.3 Å². The van der Waals surface area contributed by atoms with Gasteiger partial charge in [0, 0.05) is 13.0 Å². The molecule has 0 bridgehead atoms. The van der Waals surface area contributed by atoms with Crippen molar-refractivity contribution in [2.45, 2.75) is 25.9 Å². The van der Waals surface area contributed by atoms with E-state index < -0.39 is 12.7 Å². The zero-order chi connectivity index (χ0) is 20.0. The highest BCUT2D eigenvalue weighted by Gasteiger charge is 2.28. The number of hydrogen-bond acceptors (Lipinski definition) is 4. The van der Waals surface area contributed by atoms with Gasteiger partial charge in [-0.25, -0.2) is 9.37 Å². The molecule has 27 heavy (non-hydrogen) atoms. The van der Waals surface area contributed by atoms with Gasteiger partial charge in [0.2, 0.25) is 0 Å². The summed E-state index contributed by atoms with van der Waals surface area (Å²) in [5.41, 5.74) is 1.49. The third-order valence-electron chi connectivity index (χ3n) is 3.77. The number of rotatable bonds is 8. The van der Waals surface area contributed by atoms with Gasteiger partial charge < -0.3 is 5.32 Å². The standard InChI is InChI=1S/C18H21F4N3OS/c1-12-16(17(26)23-8-3-9-25(2)11-18(20,21)22)27-15(24-12)10-13-4-6-14(19)7-5-13/h4-7H,3,8-11H2,1-2H3,(H,23,26). The summed E-state index contributed by atoms with van der Waals surface area (Å²) >= 11 is 1.26. The Morgan fingerprint density at radius 1 is 1.26 bits per heavy atom. The summed E-state index contributed by atoms with van der Waals surface area (Å²) in [5, 5.41) is 3.46. The Morgan fingerprint density at radius 2 is 1.93 bits per heavy atom. The topological polar surface area (TPSA) is 45.2 Å². The maximum atomic E-state index is 13.0.